The summed E-state index contributed by atoms with van der Waals surface area (Å²) in [6.07, 6.45) is 0.722. The fourth-order valence-electron chi connectivity index (χ4n) is 4.33. The molecule has 12 nitrogen and oxygen atoms in total. The van der Waals surface area contributed by atoms with Gasteiger partial charge in [0.25, 0.3) is 11.8 Å². The van der Waals surface area contributed by atoms with Crippen molar-refractivity contribution in [3.8, 4) is 0 Å². The third kappa shape index (κ3) is 7.08. The van der Waals surface area contributed by atoms with E-state index < -0.39 is 46.5 Å². The molecule has 5 N–H and O–H groups in total. The fourth-order valence-corrected chi connectivity index (χ4v) is 4.33. The van der Waals surface area contributed by atoms with E-state index in [1.165, 1.54) is 51.5 Å². The van der Waals surface area contributed by atoms with Crippen LogP contribution in [0.2, 0.25) is 0 Å². The first kappa shape index (κ1) is 31.2. The highest BCUT2D eigenvalue weighted by Crippen LogP contribution is 2.28. The minimum absolute atomic E-state index is 0.0150. The molecule has 2 atom stereocenters. The number of esters is 1. The lowest BCUT2D eigenvalue weighted by atomic mass is 9.98. The van der Waals surface area contributed by atoms with Gasteiger partial charge in [-0.1, -0.05) is 0 Å². The molecule has 0 radical (unpaired) electrons. The lowest BCUT2D eigenvalue weighted by molar-refractivity contribution is -0.146. The Bertz CT molecular complexity index is 1290. The van der Waals surface area contributed by atoms with E-state index in [-0.39, 0.29) is 24.3 Å². The third-order valence-corrected chi connectivity index (χ3v) is 6.68. The first-order chi connectivity index (χ1) is 19.5. The van der Waals surface area contributed by atoms with Crippen molar-refractivity contribution in [2.75, 3.05) is 58.3 Å². The van der Waals surface area contributed by atoms with Crippen molar-refractivity contribution >= 4 is 35.1 Å². The molecule has 0 saturated carbocycles. The molecule has 2 saturated heterocycles. The zero-order chi connectivity index (χ0) is 30.2. The van der Waals surface area contributed by atoms with Gasteiger partial charge in [-0.25, -0.2) is 18.4 Å². The van der Waals surface area contributed by atoms with E-state index in [0.717, 1.165) is 6.07 Å². The van der Waals surface area contributed by atoms with Crippen LogP contribution >= 0.6 is 0 Å². The number of carboxylic acid groups (broad SMARTS) is 1. The van der Waals surface area contributed by atoms with E-state index in [0.29, 0.717) is 37.4 Å². The van der Waals surface area contributed by atoms with Crippen LogP contribution in [-0.4, -0.2) is 87.6 Å². The van der Waals surface area contributed by atoms with Gasteiger partial charge in [-0.15, -0.1) is 0 Å². The van der Waals surface area contributed by atoms with Gasteiger partial charge in [0.2, 0.25) is 0 Å². The monoisotopic (exact) mass is 578 g/mol. The molecule has 2 aliphatic rings. The summed E-state index contributed by atoms with van der Waals surface area (Å²) in [5.41, 5.74) is -1.74. The fraction of sp³-hybridized carbons (Fsp3) is 0.407. The minimum atomic E-state index is -1.25. The number of rotatable bonds is 8. The molecule has 0 aliphatic carbocycles. The van der Waals surface area contributed by atoms with E-state index in [9.17, 15) is 33.1 Å². The van der Waals surface area contributed by atoms with Crippen LogP contribution in [0.15, 0.2) is 36.4 Å². The molecule has 2 aromatic rings. The minimum Gasteiger partial charge on any atom is -0.479 e. The summed E-state index contributed by atoms with van der Waals surface area (Å²) in [4.78, 5) is 46.1. The Morgan fingerprint density at radius 3 is 1.59 bits per heavy atom. The average Bonchev–Trinajstić information content (AvgIpc) is 3.64. The number of anilines is 2. The summed E-state index contributed by atoms with van der Waals surface area (Å²) in [5, 5.41) is 19.7. The predicted molar refractivity (Wildman–Crippen MR) is 143 cm³/mol. The Labute approximate surface area is 234 Å². The Morgan fingerprint density at radius 1 is 0.805 bits per heavy atom. The first-order valence-corrected chi connectivity index (χ1v) is 12.6. The van der Waals surface area contributed by atoms with E-state index in [2.05, 4.69) is 21.3 Å². The molecule has 41 heavy (non-hydrogen) atoms. The van der Waals surface area contributed by atoms with Gasteiger partial charge in [0.1, 0.15) is 11.6 Å². The molecular weight excluding hydrogens is 546 g/mol. The van der Waals surface area contributed by atoms with Crippen LogP contribution in [0.4, 0.5) is 20.2 Å². The van der Waals surface area contributed by atoms with E-state index in [1.807, 2.05) is 0 Å². The van der Waals surface area contributed by atoms with Crippen molar-refractivity contribution in [2.45, 2.75) is 23.9 Å². The van der Waals surface area contributed by atoms with Crippen molar-refractivity contribution in [1.29, 1.82) is 0 Å². The van der Waals surface area contributed by atoms with Crippen LogP contribution in [0.5, 0.6) is 0 Å². The van der Waals surface area contributed by atoms with Crippen LogP contribution in [0.25, 0.3) is 0 Å². The van der Waals surface area contributed by atoms with Crippen molar-refractivity contribution < 1.29 is 47.3 Å². The number of aliphatic carboxylic acids is 1. The van der Waals surface area contributed by atoms with Gasteiger partial charge in [0.15, 0.2) is 11.1 Å². The average molecular weight is 579 g/mol. The lowest BCUT2D eigenvalue weighted by Gasteiger charge is -2.26. The molecular formula is C27H32F2N4O8. The van der Waals surface area contributed by atoms with Crippen LogP contribution in [0, 0.1) is 11.6 Å². The molecule has 2 heterocycles. The second-order valence-electron chi connectivity index (χ2n) is 9.36. The number of benzene rings is 2. The molecule has 2 amide bonds. The number of ether oxygens (including phenoxy) is 3. The maximum Gasteiger partial charge on any atom is 0.334 e. The van der Waals surface area contributed by atoms with Crippen molar-refractivity contribution in [3.05, 3.63) is 59.2 Å². The van der Waals surface area contributed by atoms with Gasteiger partial charge in [0, 0.05) is 51.5 Å². The second kappa shape index (κ2) is 13.4. The molecule has 2 aliphatic heterocycles. The van der Waals surface area contributed by atoms with Gasteiger partial charge in [-0.3, -0.25) is 9.59 Å². The van der Waals surface area contributed by atoms with Gasteiger partial charge < -0.3 is 40.6 Å². The van der Waals surface area contributed by atoms with E-state index >= 15 is 0 Å². The van der Waals surface area contributed by atoms with Gasteiger partial charge in [-0.05, 0) is 36.4 Å². The van der Waals surface area contributed by atoms with Gasteiger partial charge >= 0.3 is 11.9 Å². The third-order valence-electron chi connectivity index (χ3n) is 6.68. The summed E-state index contributed by atoms with van der Waals surface area (Å²) in [5.74, 6) is -3.94. The van der Waals surface area contributed by atoms with Crippen LogP contribution in [-0.2, 0) is 23.8 Å². The molecule has 222 valence electrons. The summed E-state index contributed by atoms with van der Waals surface area (Å²) < 4.78 is 42.9. The number of carboxylic acids is 1. The van der Waals surface area contributed by atoms with Gasteiger partial charge in [-0.2, -0.15) is 0 Å². The number of hydrogen-bond donors (Lipinski definition) is 5. The number of nitrogens with one attached hydrogen (secondary N) is 4. The zero-order valence-corrected chi connectivity index (χ0v) is 22.8. The van der Waals surface area contributed by atoms with Crippen LogP contribution < -0.4 is 21.3 Å². The molecule has 0 spiro atoms. The molecule has 0 bridgehead atoms. The maximum absolute atomic E-state index is 13.9. The first-order valence-electron chi connectivity index (χ1n) is 12.6. The Morgan fingerprint density at radius 2 is 1.24 bits per heavy atom. The normalized spacial score (nSPS) is 21.2. The van der Waals surface area contributed by atoms with E-state index in [4.69, 9.17) is 14.2 Å². The summed E-state index contributed by atoms with van der Waals surface area (Å²) >= 11 is 0. The van der Waals surface area contributed by atoms with Crippen molar-refractivity contribution in [2.24, 2.45) is 0 Å². The number of hydrogen-bond acceptors (Lipinski definition) is 9. The van der Waals surface area contributed by atoms with E-state index in [1.54, 1.807) is 0 Å². The van der Waals surface area contributed by atoms with Crippen LogP contribution in [0.1, 0.15) is 33.6 Å². The Balaban J connectivity index is 0.000000226. The second-order valence-corrected chi connectivity index (χ2v) is 9.36. The molecule has 0 aromatic heterocycles. The number of amides is 2. The standard InChI is InChI=1S/C14H17FN2O4.C13H15FN2O4/c1-16-12(18)10-4-3-9(7-11(10)15)17-14(13(19)20-2)5-6-21-8-14;1-15-11(17)9-3-2-8(6-10(9)14)16-13(12(18)19)4-5-20-7-13/h3-4,7,17H,5-6,8H2,1-2H3,(H,16,18);2-3,6,16H,4-5,7H2,1H3,(H,15,17)(H,18,19)/t14-;13-/m11/s1. The topological polar surface area (TPSA) is 164 Å². The van der Waals surface area contributed by atoms with Crippen molar-refractivity contribution in [3.63, 3.8) is 0 Å². The maximum atomic E-state index is 13.9. The molecule has 14 heteroatoms. The van der Waals surface area contributed by atoms with Crippen LogP contribution in [0.3, 0.4) is 0 Å². The summed E-state index contributed by atoms with van der Waals surface area (Å²) in [6.45, 7) is 0.915. The molecule has 4 rings (SSSR count). The summed E-state index contributed by atoms with van der Waals surface area (Å²) in [7, 11) is 4.12. The molecule has 2 fully saturated rings. The molecule has 2 aromatic carbocycles. The van der Waals surface area contributed by atoms with Crippen molar-refractivity contribution in [1.82, 2.24) is 10.6 Å². The number of carbonyl (C=O) groups excluding carboxylic acids is 3. The highest BCUT2D eigenvalue weighted by molar-refractivity contribution is 5.95. The van der Waals surface area contributed by atoms with Gasteiger partial charge in [0.05, 0.1) is 31.5 Å². The summed E-state index contributed by atoms with van der Waals surface area (Å²) in [6, 6.07) is 7.95. The Kier molecular flexibility index (Phi) is 10.2. The zero-order valence-electron chi connectivity index (χ0n) is 22.8. The largest absolute Gasteiger partial charge is 0.479 e. The number of methoxy groups -OCH3 is 1. The number of carbonyl (C=O) groups is 4. The lowest BCUT2D eigenvalue weighted by Crippen LogP contribution is -2.47. The number of halogens is 2. The SMILES string of the molecule is CNC(=O)c1ccc(N[C@]2(C(=O)O)CCOC2)cc1F.CNC(=O)c1ccc(N[C@]2(C(=O)OC)CCOC2)cc1F. The quantitative estimate of drug-likeness (QED) is 0.292. The highest BCUT2D eigenvalue weighted by Gasteiger charge is 2.44. The molecule has 0 unspecified atom stereocenters. The predicted octanol–water partition coefficient (Wildman–Crippen LogP) is 1.77. The Hall–Kier alpha value is -4.30. The smallest absolute Gasteiger partial charge is 0.334 e. The highest BCUT2D eigenvalue weighted by atomic mass is 19.1.